The fourth-order valence-corrected chi connectivity index (χ4v) is 2.88. The summed E-state index contributed by atoms with van der Waals surface area (Å²) >= 11 is 6.94. The molecule has 0 aromatic carbocycles. The van der Waals surface area contributed by atoms with Gasteiger partial charge in [-0.1, -0.05) is 38.9 Å². The number of amides is 1. The molecule has 5 heteroatoms. The first-order chi connectivity index (χ1) is 8.55. The van der Waals surface area contributed by atoms with Crippen molar-refractivity contribution in [2.45, 2.75) is 46.0 Å². The van der Waals surface area contributed by atoms with Crippen molar-refractivity contribution in [3.8, 4) is 0 Å². The summed E-state index contributed by atoms with van der Waals surface area (Å²) in [6, 6.07) is 0. The molecule has 0 saturated heterocycles. The maximum atomic E-state index is 12.4. The zero-order valence-corrected chi connectivity index (χ0v) is 13.4. The molecule has 0 fully saturated rings. The van der Waals surface area contributed by atoms with Crippen molar-refractivity contribution in [2.24, 2.45) is 11.1 Å². The van der Waals surface area contributed by atoms with Crippen LogP contribution in [-0.2, 0) is 4.79 Å². The van der Waals surface area contributed by atoms with E-state index in [1.54, 1.807) is 11.8 Å². The van der Waals surface area contributed by atoms with Crippen LogP contribution in [-0.4, -0.2) is 29.4 Å². The Morgan fingerprint density at radius 1 is 1.33 bits per heavy atom. The van der Waals surface area contributed by atoms with Crippen molar-refractivity contribution in [1.29, 1.82) is 0 Å². The molecule has 0 aliphatic rings. The molecule has 0 bridgehead atoms. The molecule has 1 amide bonds. The van der Waals surface area contributed by atoms with Crippen LogP contribution in [0.5, 0.6) is 0 Å². The molecule has 3 N–H and O–H groups in total. The van der Waals surface area contributed by atoms with E-state index in [1.165, 1.54) is 0 Å². The largest absolute Gasteiger partial charge is 0.392 e. The predicted molar refractivity (Wildman–Crippen MR) is 85.0 cm³/mol. The van der Waals surface area contributed by atoms with Crippen LogP contribution in [0.4, 0.5) is 0 Å². The molecular weight excluding hydrogens is 264 g/mol. The van der Waals surface area contributed by atoms with Gasteiger partial charge in [-0.05, 0) is 31.3 Å². The molecule has 0 aliphatic carbocycles. The molecule has 0 rings (SSSR count). The predicted octanol–water partition coefficient (Wildman–Crippen LogP) is 2.73. The van der Waals surface area contributed by atoms with E-state index in [-0.39, 0.29) is 5.91 Å². The van der Waals surface area contributed by atoms with Gasteiger partial charge in [0.25, 0.3) is 0 Å². The molecule has 0 radical (unpaired) electrons. The van der Waals surface area contributed by atoms with Gasteiger partial charge in [0.05, 0.1) is 10.4 Å². The van der Waals surface area contributed by atoms with Gasteiger partial charge < -0.3 is 11.1 Å². The van der Waals surface area contributed by atoms with Crippen LogP contribution in [0.25, 0.3) is 0 Å². The Morgan fingerprint density at radius 3 is 2.28 bits per heavy atom. The van der Waals surface area contributed by atoms with Crippen LogP contribution in [0.15, 0.2) is 0 Å². The lowest BCUT2D eigenvalue weighted by molar-refractivity contribution is -0.128. The lowest BCUT2D eigenvalue weighted by atomic mass is 9.78. The van der Waals surface area contributed by atoms with Crippen LogP contribution in [0.1, 0.15) is 46.0 Å². The Kier molecular flexibility index (Phi) is 9.46. The number of carbonyl (C=O) groups excluding carboxylic acids is 1. The molecule has 0 atom stereocenters. The summed E-state index contributed by atoms with van der Waals surface area (Å²) < 4.78 is 0. The maximum absolute atomic E-state index is 12.4. The van der Waals surface area contributed by atoms with E-state index in [0.717, 1.165) is 37.9 Å². The summed E-state index contributed by atoms with van der Waals surface area (Å²) in [7, 11) is 0. The molecule has 0 aromatic heterocycles. The monoisotopic (exact) mass is 290 g/mol. The molecule has 3 nitrogen and oxygen atoms in total. The number of carbonyl (C=O) groups is 1. The van der Waals surface area contributed by atoms with Crippen LogP contribution in [0.3, 0.4) is 0 Å². The van der Waals surface area contributed by atoms with Crippen LogP contribution >= 0.6 is 24.0 Å². The highest BCUT2D eigenvalue weighted by molar-refractivity contribution is 7.98. The van der Waals surface area contributed by atoms with Crippen molar-refractivity contribution < 1.29 is 4.79 Å². The molecule has 0 aromatic rings. The van der Waals surface area contributed by atoms with Gasteiger partial charge in [-0.25, -0.2) is 0 Å². The topological polar surface area (TPSA) is 55.1 Å². The van der Waals surface area contributed by atoms with Gasteiger partial charge in [0, 0.05) is 6.54 Å². The van der Waals surface area contributed by atoms with E-state index in [2.05, 4.69) is 25.4 Å². The zero-order valence-electron chi connectivity index (χ0n) is 11.8. The van der Waals surface area contributed by atoms with Gasteiger partial charge in [0.1, 0.15) is 0 Å². The van der Waals surface area contributed by atoms with Gasteiger partial charge >= 0.3 is 0 Å². The summed E-state index contributed by atoms with van der Waals surface area (Å²) in [6.07, 6.45) is 6.36. The number of thioether (sulfide) groups is 1. The second-order valence-electron chi connectivity index (χ2n) is 4.55. The first-order valence-corrected chi connectivity index (χ1v) is 8.42. The molecule has 0 spiro atoms. The van der Waals surface area contributed by atoms with Crippen molar-refractivity contribution in [2.75, 3.05) is 18.6 Å². The minimum atomic E-state index is -0.641. The Bertz CT molecular complexity index is 264. The Morgan fingerprint density at radius 2 is 1.89 bits per heavy atom. The molecule has 0 heterocycles. The van der Waals surface area contributed by atoms with Crippen molar-refractivity contribution >= 4 is 34.9 Å². The molecular formula is C13H26N2OS2. The highest BCUT2D eigenvalue weighted by Gasteiger charge is 2.39. The second-order valence-corrected chi connectivity index (χ2v) is 5.97. The second kappa shape index (κ2) is 9.62. The van der Waals surface area contributed by atoms with E-state index in [0.29, 0.717) is 11.5 Å². The number of hydrogen-bond acceptors (Lipinski definition) is 3. The Hall–Kier alpha value is -0.290. The van der Waals surface area contributed by atoms with Gasteiger partial charge in [0.15, 0.2) is 0 Å². The summed E-state index contributed by atoms with van der Waals surface area (Å²) in [5.74, 6) is 1.07. The molecule has 0 unspecified atom stereocenters. The highest BCUT2D eigenvalue weighted by atomic mass is 32.2. The third-order valence-corrected chi connectivity index (χ3v) is 4.16. The third-order valence-electron chi connectivity index (χ3n) is 3.07. The molecule has 106 valence electrons. The summed E-state index contributed by atoms with van der Waals surface area (Å²) in [5, 5.41) is 2.99. The maximum Gasteiger partial charge on any atom is 0.233 e. The number of nitrogens with one attached hydrogen (secondary N) is 1. The van der Waals surface area contributed by atoms with Crippen LogP contribution in [0, 0.1) is 5.41 Å². The van der Waals surface area contributed by atoms with Gasteiger partial charge in [0.2, 0.25) is 5.91 Å². The van der Waals surface area contributed by atoms with Crippen LogP contribution in [0.2, 0.25) is 0 Å². The average molecular weight is 290 g/mol. The van der Waals surface area contributed by atoms with Crippen molar-refractivity contribution in [1.82, 2.24) is 5.32 Å². The lowest BCUT2D eigenvalue weighted by Gasteiger charge is -2.31. The molecule has 0 aliphatic heterocycles. The van der Waals surface area contributed by atoms with Crippen molar-refractivity contribution in [3.05, 3.63) is 0 Å². The summed E-state index contributed by atoms with van der Waals surface area (Å²) in [6.45, 7) is 4.82. The SMILES string of the molecule is CCCC(CCC)(C(=O)NCCCSC)C(N)=S. The van der Waals surface area contributed by atoms with Crippen molar-refractivity contribution in [3.63, 3.8) is 0 Å². The first-order valence-electron chi connectivity index (χ1n) is 6.62. The Labute approximate surface area is 121 Å². The smallest absolute Gasteiger partial charge is 0.233 e. The Balaban J connectivity index is 4.61. The minimum Gasteiger partial charge on any atom is -0.392 e. The summed E-state index contributed by atoms with van der Waals surface area (Å²) in [4.78, 5) is 12.7. The minimum absolute atomic E-state index is 0.0137. The van der Waals surface area contributed by atoms with Gasteiger partial charge in [-0.15, -0.1) is 0 Å². The van der Waals surface area contributed by atoms with E-state index >= 15 is 0 Å². The first kappa shape index (κ1) is 17.7. The lowest BCUT2D eigenvalue weighted by Crippen LogP contribution is -2.49. The number of thiocarbonyl (C=S) groups is 1. The molecule has 0 saturated carbocycles. The van der Waals surface area contributed by atoms with E-state index < -0.39 is 5.41 Å². The van der Waals surface area contributed by atoms with Crippen LogP contribution < -0.4 is 11.1 Å². The third kappa shape index (κ3) is 5.14. The highest BCUT2D eigenvalue weighted by Crippen LogP contribution is 2.30. The van der Waals surface area contributed by atoms with E-state index in [4.69, 9.17) is 18.0 Å². The number of hydrogen-bond donors (Lipinski definition) is 2. The standard InChI is InChI=1S/C13H26N2OS2/c1-4-7-13(8-5-2,11(14)17)12(16)15-9-6-10-18-3/h4-10H2,1-3H3,(H2,14,17)(H,15,16). The summed E-state index contributed by atoms with van der Waals surface area (Å²) in [5.41, 5.74) is 5.20. The van der Waals surface area contributed by atoms with E-state index in [9.17, 15) is 4.79 Å². The van der Waals surface area contributed by atoms with Gasteiger partial charge in [-0.3, -0.25) is 4.79 Å². The number of rotatable bonds is 10. The van der Waals surface area contributed by atoms with E-state index in [1.807, 2.05) is 0 Å². The van der Waals surface area contributed by atoms with Gasteiger partial charge in [-0.2, -0.15) is 11.8 Å². The normalized spacial score (nSPS) is 11.3. The fourth-order valence-electron chi connectivity index (χ4n) is 2.15. The number of nitrogens with two attached hydrogens (primary N) is 1. The average Bonchev–Trinajstić information content (AvgIpc) is 2.33. The molecule has 18 heavy (non-hydrogen) atoms. The zero-order chi connectivity index (χ0) is 14.0. The quantitative estimate of drug-likeness (QED) is 0.480. The fraction of sp³-hybridized carbons (Fsp3) is 0.846.